The predicted molar refractivity (Wildman–Crippen MR) is 71.5 cm³/mol. The highest BCUT2D eigenvalue weighted by Crippen LogP contribution is 2.40. The first kappa shape index (κ1) is 13.1. The zero-order valence-electron chi connectivity index (χ0n) is 11.1. The molecule has 0 saturated heterocycles. The van der Waals surface area contributed by atoms with E-state index in [4.69, 9.17) is 18.9 Å². The highest BCUT2D eigenvalue weighted by atomic mass is 16.5. The van der Waals surface area contributed by atoms with Crippen molar-refractivity contribution >= 4 is 0 Å². The van der Waals surface area contributed by atoms with Crippen molar-refractivity contribution in [3.05, 3.63) is 42.5 Å². The molecule has 0 aliphatic carbocycles. The number of hydrogen-bond donors (Lipinski definition) is 0. The molecule has 0 fully saturated rings. The molecule has 0 spiro atoms. The van der Waals surface area contributed by atoms with Crippen molar-refractivity contribution in [2.24, 2.45) is 0 Å². The Morgan fingerprint density at radius 2 is 1.47 bits per heavy atom. The van der Waals surface area contributed by atoms with Gasteiger partial charge in [-0.3, -0.25) is 0 Å². The standard InChI is InChI=1S/C15H15O4/c1-16-11-7-4-5-8-12(11)19-14-10-6-9-13(17-2)15(14)18-3/h4-9H,1-3H3. The van der Waals surface area contributed by atoms with Crippen molar-refractivity contribution in [3.8, 4) is 28.7 Å². The molecule has 1 radical (unpaired) electrons. The van der Waals surface area contributed by atoms with Crippen molar-refractivity contribution in [1.29, 1.82) is 0 Å². The molecule has 0 aliphatic rings. The second kappa shape index (κ2) is 6.00. The molecule has 19 heavy (non-hydrogen) atoms. The smallest absolute Gasteiger partial charge is 0.204 e. The van der Waals surface area contributed by atoms with Crippen LogP contribution in [-0.2, 0) is 0 Å². The first-order chi connectivity index (χ1) is 9.30. The van der Waals surface area contributed by atoms with Gasteiger partial charge >= 0.3 is 0 Å². The molecule has 0 heterocycles. The molecule has 2 aromatic carbocycles. The van der Waals surface area contributed by atoms with E-state index in [-0.39, 0.29) is 0 Å². The van der Waals surface area contributed by atoms with Crippen molar-refractivity contribution < 1.29 is 18.9 Å². The number of hydrogen-bond acceptors (Lipinski definition) is 4. The maximum absolute atomic E-state index is 5.78. The molecule has 0 N–H and O–H groups in total. The van der Waals surface area contributed by atoms with Gasteiger partial charge in [0.05, 0.1) is 21.3 Å². The summed E-state index contributed by atoms with van der Waals surface area (Å²) < 4.78 is 21.5. The van der Waals surface area contributed by atoms with Gasteiger partial charge in [-0.2, -0.15) is 0 Å². The Hall–Kier alpha value is -2.36. The maximum Gasteiger partial charge on any atom is 0.204 e. The van der Waals surface area contributed by atoms with Crippen LogP contribution in [0.5, 0.6) is 28.7 Å². The molecule has 0 unspecified atom stereocenters. The van der Waals surface area contributed by atoms with Crippen LogP contribution in [0.3, 0.4) is 0 Å². The monoisotopic (exact) mass is 259 g/mol. The summed E-state index contributed by atoms with van der Waals surface area (Å²) >= 11 is 0. The summed E-state index contributed by atoms with van der Waals surface area (Å²) in [5.74, 6) is 2.77. The van der Waals surface area contributed by atoms with E-state index < -0.39 is 0 Å². The van der Waals surface area contributed by atoms with Crippen molar-refractivity contribution in [3.63, 3.8) is 0 Å². The van der Waals surface area contributed by atoms with Gasteiger partial charge in [0.15, 0.2) is 23.0 Å². The second-order valence-corrected chi connectivity index (χ2v) is 3.66. The summed E-state index contributed by atoms with van der Waals surface area (Å²) in [4.78, 5) is 0. The predicted octanol–water partition coefficient (Wildman–Crippen LogP) is 3.30. The molecule has 0 aromatic heterocycles. The Morgan fingerprint density at radius 3 is 2.11 bits per heavy atom. The minimum atomic E-state index is 0.450. The molecular weight excluding hydrogens is 244 g/mol. The van der Waals surface area contributed by atoms with E-state index in [9.17, 15) is 0 Å². The first-order valence-corrected chi connectivity index (χ1v) is 5.73. The SMILES string of the molecule is COc1ccccc1Oc1[c]ccc(OC)c1OC. The molecular formula is C15H15O4. The van der Waals surface area contributed by atoms with Gasteiger partial charge in [-0.05, 0) is 24.3 Å². The van der Waals surface area contributed by atoms with Crippen LogP contribution < -0.4 is 18.9 Å². The Labute approximate surface area is 112 Å². The molecule has 2 rings (SSSR count). The topological polar surface area (TPSA) is 36.9 Å². The fourth-order valence-electron chi connectivity index (χ4n) is 1.69. The zero-order chi connectivity index (χ0) is 13.7. The van der Waals surface area contributed by atoms with Crippen LogP contribution in [0.1, 0.15) is 0 Å². The second-order valence-electron chi connectivity index (χ2n) is 3.66. The van der Waals surface area contributed by atoms with Gasteiger partial charge in [0.25, 0.3) is 0 Å². The minimum Gasteiger partial charge on any atom is -0.493 e. The lowest BCUT2D eigenvalue weighted by molar-refractivity contribution is 0.329. The number of rotatable bonds is 5. The van der Waals surface area contributed by atoms with Gasteiger partial charge in [0.1, 0.15) is 0 Å². The molecule has 0 atom stereocenters. The number of para-hydroxylation sites is 2. The summed E-state index contributed by atoms with van der Waals surface area (Å²) in [6, 6.07) is 13.8. The number of methoxy groups -OCH3 is 3. The van der Waals surface area contributed by atoms with E-state index in [0.717, 1.165) is 0 Å². The van der Waals surface area contributed by atoms with E-state index in [1.54, 1.807) is 33.5 Å². The highest BCUT2D eigenvalue weighted by Gasteiger charge is 2.13. The molecule has 0 amide bonds. The van der Waals surface area contributed by atoms with Crippen LogP contribution in [-0.4, -0.2) is 21.3 Å². The Balaban J connectivity index is 2.38. The van der Waals surface area contributed by atoms with Crippen LogP contribution >= 0.6 is 0 Å². The molecule has 0 saturated carbocycles. The van der Waals surface area contributed by atoms with Crippen molar-refractivity contribution in [2.45, 2.75) is 0 Å². The third-order valence-corrected chi connectivity index (χ3v) is 2.58. The van der Waals surface area contributed by atoms with Crippen LogP contribution in [0.2, 0.25) is 0 Å². The fourth-order valence-corrected chi connectivity index (χ4v) is 1.69. The number of benzene rings is 2. The third kappa shape index (κ3) is 2.73. The first-order valence-electron chi connectivity index (χ1n) is 5.73. The maximum atomic E-state index is 5.78. The number of ether oxygens (including phenoxy) is 4. The third-order valence-electron chi connectivity index (χ3n) is 2.58. The summed E-state index contributed by atoms with van der Waals surface area (Å²) in [5.41, 5.74) is 0. The van der Waals surface area contributed by atoms with Crippen molar-refractivity contribution in [1.82, 2.24) is 0 Å². The molecule has 0 bridgehead atoms. The molecule has 0 aliphatic heterocycles. The van der Waals surface area contributed by atoms with Crippen molar-refractivity contribution in [2.75, 3.05) is 21.3 Å². The lowest BCUT2D eigenvalue weighted by atomic mass is 10.3. The normalized spacial score (nSPS) is 9.84. The lowest BCUT2D eigenvalue weighted by Crippen LogP contribution is -1.95. The van der Waals surface area contributed by atoms with Gasteiger partial charge in [-0.1, -0.05) is 12.1 Å². The molecule has 4 heteroatoms. The van der Waals surface area contributed by atoms with Gasteiger partial charge in [0.2, 0.25) is 5.75 Å². The lowest BCUT2D eigenvalue weighted by Gasteiger charge is -2.14. The van der Waals surface area contributed by atoms with E-state index in [2.05, 4.69) is 6.07 Å². The van der Waals surface area contributed by atoms with Crippen LogP contribution in [0.15, 0.2) is 36.4 Å². The quantitative estimate of drug-likeness (QED) is 0.825. The van der Waals surface area contributed by atoms with Crippen LogP contribution in [0, 0.1) is 6.07 Å². The average molecular weight is 259 g/mol. The van der Waals surface area contributed by atoms with Gasteiger partial charge in [-0.25, -0.2) is 0 Å². The Bertz CT molecular complexity index is 552. The average Bonchev–Trinajstić information content (AvgIpc) is 2.47. The Kier molecular flexibility index (Phi) is 4.13. The zero-order valence-corrected chi connectivity index (χ0v) is 11.1. The highest BCUT2D eigenvalue weighted by molar-refractivity contribution is 5.53. The molecule has 2 aromatic rings. The summed E-state index contributed by atoms with van der Waals surface area (Å²) in [6.45, 7) is 0. The van der Waals surface area contributed by atoms with E-state index in [1.807, 2.05) is 24.3 Å². The fraction of sp³-hybridized carbons (Fsp3) is 0.200. The van der Waals surface area contributed by atoms with Gasteiger partial charge in [-0.15, -0.1) is 0 Å². The molecule has 4 nitrogen and oxygen atoms in total. The van der Waals surface area contributed by atoms with E-state index in [1.165, 1.54) is 0 Å². The summed E-state index contributed by atoms with van der Waals surface area (Å²) in [5, 5.41) is 0. The van der Waals surface area contributed by atoms with Gasteiger partial charge < -0.3 is 18.9 Å². The van der Waals surface area contributed by atoms with E-state index >= 15 is 0 Å². The summed E-state index contributed by atoms with van der Waals surface area (Å²) in [6.07, 6.45) is 0. The van der Waals surface area contributed by atoms with Crippen LogP contribution in [0.25, 0.3) is 0 Å². The largest absolute Gasteiger partial charge is 0.493 e. The minimum absolute atomic E-state index is 0.450. The van der Waals surface area contributed by atoms with Crippen LogP contribution in [0.4, 0.5) is 0 Å². The summed E-state index contributed by atoms with van der Waals surface area (Å²) in [7, 11) is 4.72. The Morgan fingerprint density at radius 1 is 0.789 bits per heavy atom. The van der Waals surface area contributed by atoms with Gasteiger partial charge in [0, 0.05) is 6.07 Å². The molecule has 99 valence electrons. The van der Waals surface area contributed by atoms with E-state index in [0.29, 0.717) is 28.7 Å².